The van der Waals surface area contributed by atoms with Gasteiger partial charge in [-0.2, -0.15) is 0 Å². The number of fused-ring (bicyclic) bond motifs is 1. The summed E-state index contributed by atoms with van der Waals surface area (Å²) in [7, 11) is 0. The first-order valence-electron chi connectivity index (χ1n) is 7.77. The molecule has 0 radical (unpaired) electrons. The van der Waals surface area contributed by atoms with Gasteiger partial charge in [0.1, 0.15) is 5.54 Å². The molecule has 3 rings (SSSR count). The van der Waals surface area contributed by atoms with Crippen LogP contribution in [0.1, 0.15) is 44.9 Å². The predicted molar refractivity (Wildman–Crippen MR) is 72.3 cm³/mol. The van der Waals surface area contributed by atoms with E-state index in [1.54, 1.807) is 0 Å². The van der Waals surface area contributed by atoms with Crippen LogP contribution in [0, 0.1) is 23.7 Å². The first kappa shape index (κ1) is 13.9. The highest BCUT2D eigenvalue weighted by atomic mass is 16.4. The van der Waals surface area contributed by atoms with E-state index in [1.165, 1.54) is 32.1 Å². The molecule has 0 aliphatic heterocycles. The van der Waals surface area contributed by atoms with E-state index >= 15 is 0 Å². The molecule has 3 N–H and O–H groups in total. The minimum atomic E-state index is -0.981. The molecule has 0 aromatic carbocycles. The predicted octanol–water partition coefficient (Wildman–Crippen LogP) is 1.72. The lowest BCUT2D eigenvalue weighted by Gasteiger charge is -2.32. The standard InChI is InChI=1S/C15H23NO4/c17-13(18)11-10-6-7-15(12(10)11,14(19)20)16-8-9-4-2-1-3-5-9/h9-12,16H,1-8H2,(H,17,18)(H,19,20). The van der Waals surface area contributed by atoms with E-state index in [0.717, 1.165) is 13.0 Å². The van der Waals surface area contributed by atoms with E-state index < -0.39 is 23.4 Å². The van der Waals surface area contributed by atoms with Gasteiger partial charge >= 0.3 is 11.9 Å². The van der Waals surface area contributed by atoms with Gasteiger partial charge in [-0.3, -0.25) is 9.59 Å². The maximum atomic E-state index is 11.7. The number of carboxylic acid groups (broad SMARTS) is 2. The third-order valence-electron chi connectivity index (χ3n) is 5.71. The van der Waals surface area contributed by atoms with Crippen molar-refractivity contribution in [1.29, 1.82) is 0 Å². The van der Waals surface area contributed by atoms with Gasteiger partial charge in [-0.25, -0.2) is 0 Å². The van der Waals surface area contributed by atoms with Crippen LogP contribution < -0.4 is 5.32 Å². The summed E-state index contributed by atoms with van der Waals surface area (Å²) in [4.78, 5) is 22.9. The molecule has 112 valence electrons. The number of aliphatic carboxylic acids is 2. The Morgan fingerprint density at radius 1 is 1.10 bits per heavy atom. The molecule has 0 bridgehead atoms. The van der Waals surface area contributed by atoms with Crippen molar-refractivity contribution in [2.24, 2.45) is 23.7 Å². The van der Waals surface area contributed by atoms with Gasteiger partial charge in [0.15, 0.2) is 0 Å². The average Bonchev–Trinajstić information content (AvgIpc) is 3.05. The lowest BCUT2D eigenvalue weighted by atomic mass is 9.86. The van der Waals surface area contributed by atoms with Crippen molar-refractivity contribution in [1.82, 2.24) is 5.32 Å². The second-order valence-corrected chi connectivity index (χ2v) is 6.75. The van der Waals surface area contributed by atoms with Gasteiger partial charge in [-0.05, 0) is 44.1 Å². The van der Waals surface area contributed by atoms with Crippen LogP contribution in [0.4, 0.5) is 0 Å². The summed E-state index contributed by atoms with van der Waals surface area (Å²) in [5.74, 6) is -1.71. The second kappa shape index (κ2) is 5.02. The fourth-order valence-electron chi connectivity index (χ4n) is 4.55. The molecule has 0 saturated heterocycles. The molecule has 20 heavy (non-hydrogen) atoms. The Bertz CT molecular complexity index is 418. The van der Waals surface area contributed by atoms with Crippen LogP contribution in [-0.4, -0.2) is 34.2 Å². The molecular formula is C15H23NO4. The number of carboxylic acids is 2. The zero-order valence-electron chi connectivity index (χ0n) is 11.7. The molecule has 5 nitrogen and oxygen atoms in total. The molecule has 0 aromatic rings. The van der Waals surface area contributed by atoms with Crippen LogP contribution in [0.3, 0.4) is 0 Å². The van der Waals surface area contributed by atoms with Gasteiger partial charge in [0.25, 0.3) is 0 Å². The number of rotatable bonds is 5. The Morgan fingerprint density at radius 3 is 2.35 bits per heavy atom. The van der Waals surface area contributed by atoms with E-state index in [4.69, 9.17) is 5.11 Å². The summed E-state index contributed by atoms with van der Waals surface area (Å²) >= 11 is 0. The topological polar surface area (TPSA) is 86.6 Å². The van der Waals surface area contributed by atoms with Crippen molar-refractivity contribution in [3.8, 4) is 0 Å². The molecule has 4 atom stereocenters. The summed E-state index contributed by atoms with van der Waals surface area (Å²) < 4.78 is 0. The largest absolute Gasteiger partial charge is 0.481 e. The first-order valence-corrected chi connectivity index (χ1v) is 7.77. The Kier molecular flexibility index (Phi) is 3.48. The van der Waals surface area contributed by atoms with Crippen LogP contribution >= 0.6 is 0 Å². The summed E-state index contributed by atoms with van der Waals surface area (Å²) in [6.45, 7) is 0.724. The molecule has 5 heteroatoms. The highest BCUT2D eigenvalue weighted by Gasteiger charge is 2.71. The molecule has 0 heterocycles. The van der Waals surface area contributed by atoms with Crippen LogP contribution in [-0.2, 0) is 9.59 Å². The molecule has 3 saturated carbocycles. The van der Waals surface area contributed by atoms with E-state index in [1.807, 2.05) is 0 Å². The van der Waals surface area contributed by atoms with Crippen LogP contribution in [0.15, 0.2) is 0 Å². The normalized spacial score (nSPS) is 40.3. The van der Waals surface area contributed by atoms with Gasteiger partial charge in [0.2, 0.25) is 0 Å². The maximum Gasteiger partial charge on any atom is 0.324 e. The molecule has 0 spiro atoms. The maximum absolute atomic E-state index is 11.7. The number of hydrogen-bond donors (Lipinski definition) is 3. The van der Waals surface area contributed by atoms with Gasteiger partial charge in [-0.1, -0.05) is 19.3 Å². The molecule has 0 amide bonds. The fourth-order valence-corrected chi connectivity index (χ4v) is 4.55. The molecular weight excluding hydrogens is 258 g/mol. The van der Waals surface area contributed by atoms with Gasteiger partial charge in [0, 0.05) is 5.92 Å². The van der Waals surface area contributed by atoms with Crippen LogP contribution in [0.25, 0.3) is 0 Å². The lowest BCUT2D eigenvalue weighted by Crippen LogP contribution is -2.55. The van der Waals surface area contributed by atoms with E-state index in [-0.39, 0.29) is 11.8 Å². The molecule has 3 aliphatic rings. The minimum absolute atomic E-state index is 0.0717. The van der Waals surface area contributed by atoms with E-state index in [9.17, 15) is 14.7 Å². The summed E-state index contributed by atoms with van der Waals surface area (Å²) in [6, 6.07) is 0. The smallest absolute Gasteiger partial charge is 0.324 e. The lowest BCUT2D eigenvalue weighted by molar-refractivity contribution is -0.147. The average molecular weight is 281 g/mol. The zero-order chi connectivity index (χ0) is 14.3. The minimum Gasteiger partial charge on any atom is -0.481 e. The molecule has 4 unspecified atom stereocenters. The fraction of sp³-hybridized carbons (Fsp3) is 0.867. The number of carbonyl (C=O) groups is 2. The van der Waals surface area contributed by atoms with Crippen molar-refractivity contribution in [2.45, 2.75) is 50.5 Å². The summed E-state index contributed by atoms with van der Waals surface area (Å²) in [5, 5.41) is 22.1. The quantitative estimate of drug-likeness (QED) is 0.714. The highest BCUT2D eigenvalue weighted by Crippen LogP contribution is 2.62. The monoisotopic (exact) mass is 281 g/mol. The number of nitrogens with one attached hydrogen (secondary N) is 1. The van der Waals surface area contributed by atoms with E-state index in [2.05, 4.69) is 5.32 Å². The van der Waals surface area contributed by atoms with Crippen LogP contribution in [0.5, 0.6) is 0 Å². The second-order valence-electron chi connectivity index (χ2n) is 6.75. The van der Waals surface area contributed by atoms with Crippen molar-refractivity contribution in [3.63, 3.8) is 0 Å². The van der Waals surface area contributed by atoms with E-state index in [0.29, 0.717) is 12.3 Å². The number of hydrogen-bond acceptors (Lipinski definition) is 3. The molecule has 0 aromatic heterocycles. The van der Waals surface area contributed by atoms with Crippen LogP contribution in [0.2, 0.25) is 0 Å². The van der Waals surface area contributed by atoms with Gasteiger partial charge in [-0.15, -0.1) is 0 Å². The summed E-state index contributed by atoms with van der Waals surface area (Å²) in [5.41, 5.74) is -0.981. The van der Waals surface area contributed by atoms with Crippen molar-refractivity contribution >= 4 is 11.9 Å². The third-order valence-corrected chi connectivity index (χ3v) is 5.71. The Balaban J connectivity index is 1.66. The summed E-state index contributed by atoms with van der Waals surface area (Å²) in [6.07, 6.45) is 7.39. The Labute approximate surface area is 118 Å². The Hall–Kier alpha value is -1.10. The van der Waals surface area contributed by atoms with Gasteiger partial charge < -0.3 is 15.5 Å². The Morgan fingerprint density at radius 2 is 1.80 bits per heavy atom. The zero-order valence-corrected chi connectivity index (χ0v) is 11.7. The highest BCUT2D eigenvalue weighted by molar-refractivity contribution is 5.85. The van der Waals surface area contributed by atoms with Crippen molar-refractivity contribution in [3.05, 3.63) is 0 Å². The van der Waals surface area contributed by atoms with Crippen molar-refractivity contribution in [2.75, 3.05) is 6.54 Å². The van der Waals surface area contributed by atoms with Crippen molar-refractivity contribution < 1.29 is 19.8 Å². The van der Waals surface area contributed by atoms with Gasteiger partial charge in [0.05, 0.1) is 5.92 Å². The SMILES string of the molecule is O=C(O)C1C2CCC(NCC3CCCCC3)(C(=O)O)C21. The molecule has 3 aliphatic carbocycles. The molecule has 3 fully saturated rings. The first-order chi connectivity index (χ1) is 9.56. The third kappa shape index (κ3) is 2.12.